The molecule has 2 heterocycles. The highest BCUT2D eigenvalue weighted by atomic mass is 32.2. The van der Waals surface area contributed by atoms with Crippen molar-refractivity contribution in [3.05, 3.63) is 0 Å². The van der Waals surface area contributed by atoms with Gasteiger partial charge >= 0.3 is 0 Å². The molecule has 0 spiro atoms. The van der Waals surface area contributed by atoms with Crippen molar-refractivity contribution in [3.63, 3.8) is 0 Å². The van der Waals surface area contributed by atoms with Crippen LogP contribution in [0.15, 0.2) is 0 Å². The highest BCUT2D eigenvalue weighted by Gasteiger charge is 2.42. The predicted octanol–water partition coefficient (Wildman–Crippen LogP) is 2.10. The van der Waals surface area contributed by atoms with E-state index in [9.17, 15) is 0 Å². The average Bonchev–Trinajstić information content (AvgIpc) is 2.90. The van der Waals surface area contributed by atoms with Gasteiger partial charge in [-0.2, -0.15) is 11.8 Å². The normalized spacial score (nSPS) is 37.3. The highest BCUT2D eigenvalue weighted by Crippen LogP contribution is 2.38. The fourth-order valence-electron chi connectivity index (χ4n) is 3.47. The molecule has 3 atom stereocenters. The van der Waals surface area contributed by atoms with Crippen molar-refractivity contribution in [2.24, 2.45) is 5.73 Å². The van der Waals surface area contributed by atoms with Crippen LogP contribution in [0.25, 0.3) is 0 Å². The van der Waals surface area contributed by atoms with Crippen LogP contribution >= 0.6 is 11.8 Å². The lowest BCUT2D eigenvalue weighted by Crippen LogP contribution is -2.62. The third-order valence-corrected chi connectivity index (χ3v) is 6.15. The van der Waals surface area contributed by atoms with E-state index in [4.69, 9.17) is 10.5 Å². The first-order chi connectivity index (χ1) is 8.73. The molecule has 18 heavy (non-hydrogen) atoms. The Labute approximate surface area is 116 Å². The van der Waals surface area contributed by atoms with Gasteiger partial charge in [0, 0.05) is 30.5 Å². The number of nitrogens with two attached hydrogens (primary N) is 1. The summed E-state index contributed by atoms with van der Waals surface area (Å²) in [5, 5.41) is 0.637. The Hall–Kier alpha value is 0.230. The van der Waals surface area contributed by atoms with Crippen LogP contribution in [-0.2, 0) is 4.74 Å². The van der Waals surface area contributed by atoms with Gasteiger partial charge in [-0.15, -0.1) is 0 Å². The van der Waals surface area contributed by atoms with E-state index in [1.807, 2.05) is 0 Å². The Morgan fingerprint density at radius 2 is 2.28 bits per heavy atom. The largest absolute Gasteiger partial charge is 0.377 e. The number of likely N-dealkylation sites (N-methyl/N-ethyl adjacent to an activating group) is 1. The molecule has 2 aliphatic heterocycles. The van der Waals surface area contributed by atoms with Crippen molar-refractivity contribution < 1.29 is 4.74 Å². The van der Waals surface area contributed by atoms with Crippen molar-refractivity contribution >= 4 is 11.8 Å². The van der Waals surface area contributed by atoms with Crippen LogP contribution in [0.2, 0.25) is 0 Å². The fraction of sp³-hybridized carbons (Fsp3) is 1.00. The minimum absolute atomic E-state index is 0.198. The molecule has 0 amide bonds. The van der Waals surface area contributed by atoms with Gasteiger partial charge < -0.3 is 10.5 Å². The Morgan fingerprint density at radius 1 is 1.44 bits per heavy atom. The first-order valence-electron chi connectivity index (χ1n) is 7.41. The molecule has 0 radical (unpaired) electrons. The second-order valence-electron chi connectivity index (χ2n) is 5.60. The first kappa shape index (κ1) is 14.6. The maximum atomic E-state index is 6.18. The molecule has 4 heteroatoms. The maximum Gasteiger partial charge on any atom is 0.0703 e. The maximum absolute atomic E-state index is 6.18. The van der Waals surface area contributed by atoms with Crippen molar-refractivity contribution in [3.8, 4) is 0 Å². The number of thioether (sulfide) groups is 1. The van der Waals surface area contributed by atoms with Crippen LogP contribution in [-0.4, -0.2) is 53.8 Å². The fourth-order valence-corrected chi connectivity index (χ4v) is 4.81. The van der Waals surface area contributed by atoms with E-state index in [1.165, 1.54) is 31.4 Å². The molecule has 2 fully saturated rings. The van der Waals surface area contributed by atoms with E-state index >= 15 is 0 Å². The zero-order valence-electron chi connectivity index (χ0n) is 11.9. The van der Waals surface area contributed by atoms with Gasteiger partial charge in [-0.25, -0.2) is 0 Å². The molecule has 0 aromatic rings. The molecule has 3 nitrogen and oxygen atoms in total. The average molecular weight is 272 g/mol. The van der Waals surface area contributed by atoms with Crippen LogP contribution in [0.1, 0.15) is 39.5 Å². The Balaban J connectivity index is 2.06. The third-order valence-electron chi connectivity index (χ3n) is 4.69. The molecule has 2 aliphatic rings. The zero-order valence-corrected chi connectivity index (χ0v) is 12.7. The molecular weight excluding hydrogens is 244 g/mol. The summed E-state index contributed by atoms with van der Waals surface area (Å²) in [4.78, 5) is 2.61. The van der Waals surface area contributed by atoms with Crippen LogP contribution in [0.4, 0.5) is 0 Å². The quantitative estimate of drug-likeness (QED) is 0.832. The number of rotatable bonds is 5. The van der Waals surface area contributed by atoms with Crippen molar-refractivity contribution in [2.75, 3.05) is 32.0 Å². The van der Waals surface area contributed by atoms with Gasteiger partial charge in [-0.05, 0) is 38.0 Å². The van der Waals surface area contributed by atoms with Crippen LogP contribution < -0.4 is 5.73 Å². The zero-order chi connectivity index (χ0) is 13.0. The van der Waals surface area contributed by atoms with Gasteiger partial charge in [0.25, 0.3) is 0 Å². The van der Waals surface area contributed by atoms with Crippen LogP contribution in [0.5, 0.6) is 0 Å². The number of nitrogens with zero attached hydrogens (tertiary/aromatic N) is 1. The predicted molar refractivity (Wildman–Crippen MR) is 79.2 cm³/mol. The Morgan fingerprint density at radius 3 is 2.83 bits per heavy atom. The Kier molecular flexibility index (Phi) is 5.36. The van der Waals surface area contributed by atoms with Gasteiger partial charge in [0.2, 0.25) is 0 Å². The van der Waals surface area contributed by atoms with E-state index in [0.29, 0.717) is 11.4 Å². The third kappa shape index (κ3) is 2.87. The van der Waals surface area contributed by atoms with Crippen molar-refractivity contribution in [2.45, 2.75) is 56.4 Å². The summed E-state index contributed by atoms with van der Waals surface area (Å²) in [5.41, 5.74) is 6.38. The molecule has 0 saturated carbocycles. The monoisotopic (exact) mass is 272 g/mol. The number of ether oxygens (including phenoxy) is 1. The van der Waals surface area contributed by atoms with Gasteiger partial charge in [0.1, 0.15) is 0 Å². The van der Waals surface area contributed by atoms with E-state index < -0.39 is 0 Å². The SMILES string of the molecule is CCN(CC1CCCO1)C1(CN)CCCSC1C. The van der Waals surface area contributed by atoms with Gasteiger partial charge in [0.05, 0.1) is 6.10 Å². The standard InChI is InChI=1S/C14H28N2OS/c1-3-16(10-13-6-4-8-17-13)14(11-15)7-5-9-18-12(14)2/h12-13H,3-11,15H2,1-2H3. The number of hydrogen-bond donors (Lipinski definition) is 1. The summed E-state index contributed by atoms with van der Waals surface area (Å²) < 4.78 is 5.81. The van der Waals surface area contributed by atoms with E-state index in [-0.39, 0.29) is 5.54 Å². The van der Waals surface area contributed by atoms with E-state index in [2.05, 4.69) is 30.5 Å². The summed E-state index contributed by atoms with van der Waals surface area (Å²) in [7, 11) is 0. The van der Waals surface area contributed by atoms with E-state index in [1.54, 1.807) is 0 Å². The summed E-state index contributed by atoms with van der Waals surface area (Å²) in [6.07, 6.45) is 5.43. The van der Waals surface area contributed by atoms with Gasteiger partial charge in [-0.1, -0.05) is 13.8 Å². The molecule has 0 bridgehead atoms. The molecule has 106 valence electrons. The molecule has 3 unspecified atom stereocenters. The van der Waals surface area contributed by atoms with Crippen LogP contribution in [0.3, 0.4) is 0 Å². The lowest BCUT2D eigenvalue weighted by Gasteiger charge is -2.50. The second kappa shape index (κ2) is 6.60. The van der Waals surface area contributed by atoms with Crippen molar-refractivity contribution in [1.29, 1.82) is 0 Å². The Bertz CT molecular complexity index is 258. The first-order valence-corrected chi connectivity index (χ1v) is 8.46. The summed E-state index contributed by atoms with van der Waals surface area (Å²) in [5.74, 6) is 1.29. The van der Waals surface area contributed by atoms with E-state index in [0.717, 1.165) is 26.2 Å². The molecule has 0 aromatic carbocycles. The molecule has 0 aromatic heterocycles. The molecule has 0 aliphatic carbocycles. The molecule has 2 rings (SSSR count). The lowest BCUT2D eigenvalue weighted by atomic mass is 9.87. The minimum Gasteiger partial charge on any atom is -0.377 e. The summed E-state index contributed by atoms with van der Waals surface area (Å²) >= 11 is 2.09. The lowest BCUT2D eigenvalue weighted by molar-refractivity contribution is 0.0189. The van der Waals surface area contributed by atoms with Gasteiger partial charge in [0.15, 0.2) is 0 Å². The molecule has 2 N–H and O–H groups in total. The van der Waals surface area contributed by atoms with Crippen LogP contribution in [0, 0.1) is 0 Å². The molecule has 2 saturated heterocycles. The minimum atomic E-state index is 0.198. The smallest absolute Gasteiger partial charge is 0.0703 e. The molecular formula is C14H28N2OS. The second-order valence-corrected chi connectivity index (χ2v) is 7.05. The number of hydrogen-bond acceptors (Lipinski definition) is 4. The topological polar surface area (TPSA) is 38.5 Å². The summed E-state index contributed by atoms with van der Waals surface area (Å²) in [6, 6.07) is 0. The highest BCUT2D eigenvalue weighted by molar-refractivity contribution is 8.00. The summed E-state index contributed by atoms with van der Waals surface area (Å²) in [6.45, 7) is 8.50. The van der Waals surface area contributed by atoms with Crippen molar-refractivity contribution in [1.82, 2.24) is 4.90 Å². The van der Waals surface area contributed by atoms with Gasteiger partial charge in [-0.3, -0.25) is 4.90 Å².